The van der Waals surface area contributed by atoms with Gasteiger partial charge in [0.1, 0.15) is 0 Å². The van der Waals surface area contributed by atoms with Crippen LogP contribution in [0.3, 0.4) is 0 Å². The van der Waals surface area contributed by atoms with E-state index in [2.05, 4.69) is 5.73 Å². The highest BCUT2D eigenvalue weighted by Crippen LogP contribution is 2.38. The summed E-state index contributed by atoms with van der Waals surface area (Å²) in [6.45, 7) is 0. The van der Waals surface area contributed by atoms with Gasteiger partial charge in [0.25, 0.3) is 0 Å². The van der Waals surface area contributed by atoms with Crippen LogP contribution < -0.4 is 14.2 Å². The van der Waals surface area contributed by atoms with Gasteiger partial charge in [-0.2, -0.15) is 0 Å². The molecular weight excluding hydrogens is 268 g/mol. The van der Waals surface area contributed by atoms with Gasteiger partial charge in [-0.25, -0.2) is 0 Å². The van der Waals surface area contributed by atoms with Gasteiger partial charge in [-0.05, 0) is 42.7 Å². The highest BCUT2D eigenvalue weighted by atomic mass is 16.5. The minimum absolute atomic E-state index is 0.0185. The van der Waals surface area contributed by atoms with Crippen molar-refractivity contribution >= 4 is 11.9 Å². The Labute approximate surface area is 124 Å². The van der Waals surface area contributed by atoms with Gasteiger partial charge in [-0.15, -0.1) is 5.73 Å². The fourth-order valence-electron chi connectivity index (χ4n) is 2.14. The van der Waals surface area contributed by atoms with Gasteiger partial charge in [0.2, 0.25) is 5.75 Å². The third-order valence-corrected chi connectivity index (χ3v) is 3.23. The molecule has 0 saturated heterocycles. The second-order valence-corrected chi connectivity index (χ2v) is 4.53. The molecule has 1 aliphatic rings. The Kier molecular flexibility index (Phi) is 4.85. The second-order valence-electron chi connectivity index (χ2n) is 4.53. The van der Waals surface area contributed by atoms with Crippen molar-refractivity contribution in [3.05, 3.63) is 41.2 Å². The van der Waals surface area contributed by atoms with E-state index in [0.717, 1.165) is 18.4 Å². The van der Waals surface area contributed by atoms with E-state index in [4.69, 9.17) is 14.2 Å². The maximum Gasteiger partial charge on any atom is 0.203 e. The number of rotatable bonds is 4. The van der Waals surface area contributed by atoms with E-state index < -0.39 is 0 Å². The lowest BCUT2D eigenvalue weighted by Crippen LogP contribution is -2.01. The number of hydrogen-bond donors (Lipinski definition) is 0. The van der Waals surface area contributed by atoms with Crippen molar-refractivity contribution in [2.24, 2.45) is 0 Å². The van der Waals surface area contributed by atoms with E-state index in [-0.39, 0.29) is 5.78 Å². The third kappa shape index (κ3) is 3.36. The molecule has 0 unspecified atom stereocenters. The number of ether oxygens (including phenoxy) is 3. The van der Waals surface area contributed by atoms with E-state index in [1.807, 2.05) is 18.2 Å². The summed E-state index contributed by atoms with van der Waals surface area (Å²) in [4.78, 5) is 11.7. The predicted molar refractivity (Wildman–Crippen MR) is 81.0 cm³/mol. The number of methoxy groups -OCH3 is 3. The Morgan fingerprint density at radius 3 is 2.29 bits per heavy atom. The highest BCUT2D eigenvalue weighted by molar-refractivity contribution is 6.04. The van der Waals surface area contributed by atoms with Crippen LogP contribution in [0.5, 0.6) is 17.2 Å². The SMILES string of the molecule is COc1cc(C=C=C2CCC=CC2=O)cc(OC)c1OC. The molecule has 21 heavy (non-hydrogen) atoms. The number of carbonyl (C=O) groups excluding carboxylic acids is 1. The molecule has 1 aliphatic carbocycles. The molecule has 2 rings (SSSR count). The first kappa shape index (κ1) is 14.9. The lowest BCUT2D eigenvalue weighted by Gasteiger charge is -2.12. The predicted octanol–water partition coefficient (Wildman–Crippen LogP) is 3.17. The smallest absolute Gasteiger partial charge is 0.203 e. The molecule has 0 radical (unpaired) electrons. The average Bonchev–Trinajstić information content (AvgIpc) is 2.52. The van der Waals surface area contributed by atoms with Gasteiger partial charge < -0.3 is 14.2 Å². The number of benzene rings is 1. The van der Waals surface area contributed by atoms with Crippen LogP contribution >= 0.6 is 0 Å². The quantitative estimate of drug-likeness (QED) is 0.630. The van der Waals surface area contributed by atoms with E-state index in [9.17, 15) is 4.79 Å². The Morgan fingerprint density at radius 2 is 1.76 bits per heavy atom. The number of carbonyl (C=O) groups is 1. The molecule has 0 saturated carbocycles. The van der Waals surface area contributed by atoms with Crippen LogP contribution in [0.15, 0.2) is 35.6 Å². The average molecular weight is 286 g/mol. The Morgan fingerprint density at radius 1 is 1.10 bits per heavy atom. The van der Waals surface area contributed by atoms with Gasteiger partial charge in [0.05, 0.1) is 21.3 Å². The maximum atomic E-state index is 11.7. The summed E-state index contributed by atoms with van der Waals surface area (Å²) in [7, 11) is 4.70. The summed E-state index contributed by atoms with van der Waals surface area (Å²) in [6.07, 6.45) is 6.83. The number of hydrogen-bond acceptors (Lipinski definition) is 4. The van der Waals surface area contributed by atoms with Crippen molar-refractivity contribution in [2.45, 2.75) is 12.8 Å². The monoisotopic (exact) mass is 286 g/mol. The van der Waals surface area contributed by atoms with Crippen molar-refractivity contribution in [2.75, 3.05) is 21.3 Å². The largest absolute Gasteiger partial charge is 0.493 e. The molecule has 0 N–H and O–H groups in total. The zero-order valence-electron chi connectivity index (χ0n) is 12.4. The van der Waals surface area contributed by atoms with Crippen molar-refractivity contribution in [1.82, 2.24) is 0 Å². The third-order valence-electron chi connectivity index (χ3n) is 3.23. The summed E-state index contributed by atoms with van der Waals surface area (Å²) in [6, 6.07) is 3.64. The molecule has 0 aromatic heterocycles. The Balaban J connectivity index is 2.43. The van der Waals surface area contributed by atoms with Crippen molar-refractivity contribution < 1.29 is 19.0 Å². The first-order valence-electron chi connectivity index (χ1n) is 6.66. The molecule has 4 nitrogen and oxygen atoms in total. The van der Waals surface area contributed by atoms with Crippen LogP contribution in [0, 0.1) is 0 Å². The highest BCUT2D eigenvalue weighted by Gasteiger charge is 2.12. The van der Waals surface area contributed by atoms with E-state index in [0.29, 0.717) is 22.8 Å². The zero-order chi connectivity index (χ0) is 15.2. The summed E-state index contributed by atoms with van der Waals surface area (Å²) in [5.74, 6) is 1.71. The molecule has 0 bridgehead atoms. The fraction of sp³-hybridized carbons (Fsp3) is 0.294. The molecule has 4 heteroatoms. The Bertz CT molecular complexity index is 609. The Hall–Kier alpha value is -2.45. The van der Waals surface area contributed by atoms with Crippen LogP contribution in [0.4, 0.5) is 0 Å². The first-order chi connectivity index (χ1) is 10.2. The second kappa shape index (κ2) is 6.82. The molecule has 0 spiro atoms. The van der Waals surface area contributed by atoms with Gasteiger partial charge in [0.15, 0.2) is 17.3 Å². The topological polar surface area (TPSA) is 44.8 Å². The standard InChI is InChI=1S/C17H18O4/c1-19-15-10-12(11-16(20-2)17(15)21-3)8-9-13-6-4-5-7-14(13)18/h5,7-8,10-11H,4,6H2,1-3H3. The molecule has 0 atom stereocenters. The van der Waals surface area contributed by atoms with Crippen molar-refractivity contribution in [3.63, 3.8) is 0 Å². The minimum Gasteiger partial charge on any atom is -0.493 e. The van der Waals surface area contributed by atoms with Crippen LogP contribution in [0.25, 0.3) is 6.08 Å². The lowest BCUT2D eigenvalue weighted by atomic mass is 10.0. The maximum absolute atomic E-state index is 11.7. The normalized spacial score (nSPS) is 13.7. The number of ketones is 1. The summed E-state index contributed by atoms with van der Waals surface area (Å²) < 4.78 is 15.9. The fourth-order valence-corrected chi connectivity index (χ4v) is 2.14. The molecule has 0 heterocycles. The van der Waals surface area contributed by atoms with Crippen LogP contribution in [0.2, 0.25) is 0 Å². The molecular formula is C17H18O4. The molecule has 1 aromatic rings. The van der Waals surface area contributed by atoms with Crippen LogP contribution in [-0.2, 0) is 4.79 Å². The molecule has 0 aliphatic heterocycles. The lowest BCUT2D eigenvalue weighted by molar-refractivity contribution is -0.111. The summed E-state index contributed by atoms with van der Waals surface area (Å²) in [5, 5.41) is 0. The van der Waals surface area contributed by atoms with Crippen LogP contribution in [-0.4, -0.2) is 27.1 Å². The molecule has 0 fully saturated rings. The zero-order valence-corrected chi connectivity index (χ0v) is 12.4. The summed E-state index contributed by atoms with van der Waals surface area (Å²) in [5.41, 5.74) is 4.59. The molecule has 0 amide bonds. The van der Waals surface area contributed by atoms with Crippen molar-refractivity contribution in [1.29, 1.82) is 0 Å². The minimum atomic E-state index is 0.0185. The molecule has 1 aromatic carbocycles. The van der Waals surface area contributed by atoms with Gasteiger partial charge in [-0.1, -0.05) is 6.08 Å². The summed E-state index contributed by atoms with van der Waals surface area (Å²) >= 11 is 0. The van der Waals surface area contributed by atoms with E-state index in [1.54, 1.807) is 33.5 Å². The van der Waals surface area contributed by atoms with E-state index >= 15 is 0 Å². The number of allylic oxidation sites excluding steroid dienone is 3. The van der Waals surface area contributed by atoms with Gasteiger partial charge >= 0.3 is 0 Å². The van der Waals surface area contributed by atoms with E-state index in [1.165, 1.54) is 0 Å². The van der Waals surface area contributed by atoms with Crippen molar-refractivity contribution in [3.8, 4) is 17.2 Å². The first-order valence-corrected chi connectivity index (χ1v) is 6.66. The van der Waals surface area contributed by atoms with Crippen LogP contribution in [0.1, 0.15) is 18.4 Å². The van der Waals surface area contributed by atoms with Gasteiger partial charge in [-0.3, -0.25) is 4.79 Å². The molecule has 110 valence electrons. The van der Waals surface area contributed by atoms with Gasteiger partial charge in [0, 0.05) is 5.57 Å².